The summed E-state index contributed by atoms with van der Waals surface area (Å²) in [5.41, 5.74) is 0. The summed E-state index contributed by atoms with van der Waals surface area (Å²) in [5, 5.41) is 23.0. The molecule has 0 fully saturated rings. The molecule has 3 N–H and O–H groups in total. The van der Waals surface area contributed by atoms with Crippen molar-refractivity contribution in [3.05, 3.63) is 24.3 Å². The van der Waals surface area contributed by atoms with Crippen LogP contribution >= 0.6 is 0 Å². The zero-order chi connectivity index (χ0) is 50.7. The summed E-state index contributed by atoms with van der Waals surface area (Å²) in [6.07, 6.45) is 73.9. The van der Waals surface area contributed by atoms with E-state index in [9.17, 15) is 19.8 Å². The Kier molecular flexibility index (Phi) is 58.5. The second-order valence-electron chi connectivity index (χ2n) is 21.7. The molecule has 2 unspecified atom stereocenters. The first-order valence-electron chi connectivity index (χ1n) is 31.6. The third-order valence-corrected chi connectivity index (χ3v) is 14.7. The fraction of sp³-hybridized carbons (Fsp3) is 0.906. The van der Waals surface area contributed by atoms with Gasteiger partial charge in [0.15, 0.2) is 0 Å². The van der Waals surface area contributed by atoms with Crippen LogP contribution < -0.4 is 5.32 Å². The summed E-state index contributed by atoms with van der Waals surface area (Å²) in [4.78, 5) is 24.5. The van der Waals surface area contributed by atoms with Crippen LogP contribution in [0.4, 0.5) is 0 Å². The van der Waals surface area contributed by atoms with Crippen LogP contribution in [0.1, 0.15) is 348 Å². The highest BCUT2D eigenvalue weighted by atomic mass is 16.5. The minimum absolute atomic E-state index is 0.0141. The number of nitrogens with one attached hydrogen (secondary N) is 1. The van der Waals surface area contributed by atoms with Gasteiger partial charge in [-0.2, -0.15) is 0 Å². The fourth-order valence-corrected chi connectivity index (χ4v) is 9.87. The maximum atomic E-state index is 12.4. The van der Waals surface area contributed by atoms with E-state index in [0.29, 0.717) is 19.4 Å². The normalized spacial score (nSPS) is 12.7. The molecule has 0 rings (SSSR count). The molecular weight excluding hydrogens is 863 g/mol. The zero-order valence-electron chi connectivity index (χ0n) is 47.3. The Morgan fingerprint density at radius 3 is 1.01 bits per heavy atom. The Morgan fingerprint density at radius 1 is 0.386 bits per heavy atom. The summed E-state index contributed by atoms with van der Waals surface area (Å²) < 4.78 is 5.50. The summed E-state index contributed by atoms with van der Waals surface area (Å²) >= 11 is 0. The van der Waals surface area contributed by atoms with Crippen molar-refractivity contribution in [2.45, 2.75) is 360 Å². The third-order valence-electron chi connectivity index (χ3n) is 14.7. The summed E-state index contributed by atoms with van der Waals surface area (Å²) in [7, 11) is 0. The molecule has 6 nitrogen and oxygen atoms in total. The van der Waals surface area contributed by atoms with Gasteiger partial charge >= 0.3 is 5.97 Å². The molecule has 0 aliphatic carbocycles. The van der Waals surface area contributed by atoms with E-state index in [1.165, 1.54) is 276 Å². The molecule has 0 saturated carbocycles. The second kappa shape index (κ2) is 59.9. The van der Waals surface area contributed by atoms with Crippen LogP contribution in [-0.4, -0.2) is 47.4 Å². The van der Waals surface area contributed by atoms with Gasteiger partial charge in [0.1, 0.15) is 0 Å². The molecule has 0 aromatic carbocycles. The van der Waals surface area contributed by atoms with Crippen LogP contribution in [0.3, 0.4) is 0 Å². The van der Waals surface area contributed by atoms with Gasteiger partial charge in [0.05, 0.1) is 25.4 Å². The number of esters is 1. The van der Waals surface area contributed by atoms with E-state index in [4.69, 9.17) is 4.74 Å². The fourth-order valence-electron chi connectivity index (χ4n) is 9.87. The van der Waals surface area contributed by atoms with Crippen molar-refractivity contribution in [1.29, 1.82) is 0 Å². The lowest BCUT2D eigenvalue weighted by molar-refractivity contribution is -0.143. The number of unbranched alkanes of at least 4 members (excludes halogenated alkanes) is 46. The molecule has 0 aliphatic heterocycles. The van der Waals surface area contributed by atoms with E-state index in [0.717, 1.165) is 44.9 Å². The van der Waals surface area contributed by atoms with Gasteiger partial charge in [-0.05, 0) is 57.8 Å². The van der Waals surface area contributed by atoms with Gasteiger partial charge in [-0.25, -0.2) is 0 Å². The smallest absolute Gasteiger partial charge is 0.305 e. The van der Waals surface area contributed by atoms with E-state index in [2.05, 4.69) is 31.3 Å². The first-order valence-corrected chi connectivity index (χ1v) is 31.6. The number of aliphatic hydroxyl groups is 2. The molecule has 1 amide bonds. The molecular formula is C64H123NO5. The molecule has 0 aromatic rings. The summed E-state index contributed by atoms with van der Waals surface area (Å²) in [5.74, 6) is -0.0533. The molecule has 414 valence electrons. The van der Waals surface area contributed by atoms with Crippen LogP contribution in [0.25, 0.3) is 0 Å². The van der Waals surface area contributed by atoms with E-state index in [-0.39, 0.29) is 18.5 Å². The molecule has 2 atom stereocenters. The van der Waals surface area contributed by atoms with Gasteiger partial charge < -0.3 is 20.3 Å². The van der Waals surface area contributed by atoms with Crippen molar-refractivity contribution >= 4 is 11.9 Å². The van der Waals surface area contributed by atoms with E-state index in [1.54, 1.807) is 6.08 Å². The van der Waals surface area contributed by atoms with Gasteiger partial charge in [0.25, 0.3) is 0 Å². The standard InChI is InChI=1S/C64H123NO5/c1-3-5-7-9-11-13-14-15-16-17-29-32-35-38-42-46-50-54-58-64(69)70-59-55-51-47-43-39-36-33-30-27-25-23-21-19-18-20-22-24-26-28-31-34-37-41-45-49-53-57-63(68)65-61(60-66)62(67)56-52-48-44-40-12-10-8-6-4-2/h16-17,52,56,61-62,66-67H,3-15,18-51,53-55,57-60H2,1-2H3,(H,65,68)/b17-16-,56-52+. The zero-order valence-corrected chi connectivity index (χ0v) is 47.3. The predicted molar refractivity (Wildman–Crippen MR) is 306 cm³/mol. The molecule has 6 heteroatoms. The lowest BCUT2D eigenvalue weighted by Gasteiger charge is -2.20. The van der Waals surface area contributed by atoms with Crippen molar-refractivity contribution in [3.63, 3.8) is 0 Å². The number of carbonyl (C=O) groups is 2. The summed E-state index contributed by atoms with van der Waals surface area (Å²) in [6, 6.07) is -0.623. The predicted octanol–water partition coefficient (Wildman–Crippen LogP) is 19.8. The highest BCUT2D eigenvalue weighted by Gasteiger charge is 2.18. The maximum Gasteiger partial charge on any atom is 0.305 e. The van der Waals surface area contributed by atoms with Crippen LogP contribution in [0.2, 0.25) is 0 Å². The van der Waals surface area contributed by atoms with E-state index >= 15 is 0 Å². The Labute approximate surface area is 437 Å². The van der Waals surface area contributed by atoms with Crippen LogP contribution in [0.5, 0.6) is 0 Å². The average molecular weight is 987 g/mol. The number of aliphatic hydroxyl groups excluding tert-OH is 2. The van der Waals surface area contributed by atoms with Crippen molar-refractivity contribution in [1.82, 2.24) is 5.32 Å². The average Bonchev–Trinajstić information content (AvgIpc) is 3.36. The van der Waals surface area contributed by atoms with E-state index in [1.807, 2.05) is 6.08 Å². The second-order valence-corrected chi connectivity index (χ2v) is 21.7. The lowest BCUT2D eigenvalue weighted by Crippen LogP contribution is -2.45. The molecule has 0 heterocycles. The van der Waals surface area contributed by atoms with Crippen molar-refractivity contribution in [2.75, 3.05) is 13.2 Å². The minimum Gasteiger partial charge on any atom is -0.466 e. The van der Waals surface area contributed by atoms with Crippen molar-refractivity contribution in [3.8, 4) is 0 Å². The Hall–Kier alpha value is -1.66. The quantitative estimate of drug-likeness (QED) is 0.0321. The number of allylic oxidation sites excluding steroid dienone is 3. The molecule has 0 aromatic heterocycles. The van der Waals surface area contributed by atoms with Gasteiger partial charge in [-0.1, -0.05) is 301 Å². The number of ether oxygens (including phenoxy) is 1. The van der Waals surface area contributed by atoms with E-state index < -0.39 is 12.1 Å². The monoisotopic (exact) mass is 986 g/mol. The third kappa shape index (κ3) is 55.7. The molecule has 0 bridgehead atoms. The summed E-state index contributed by atoms with van der Waals surface area (Å²) in [6.45, 7) is 4.89. The lowest BCUT2D eigenvalue weighted by atomic mass is 10.0. The first kappa shape index (κ1) is 68.3. The molecule has 0 saturated heterocycles. The topological polar surface area (TPSA) is 95.9 Å². The first-order chi connectivity index (χ1) is 34.5. The molecule has 70 heavy (non-hydrogen) atoms. The van der Waals surface area contributed by atoms with Gasteiger partial charge in [0.2, 0.25) is 5.91 Å². The minimum atomic E-state index is -0.840. The van der Waals surface area contributed by atoms with Crippen LogP contribution in [0, 0.1) is 0 Å². The van der Waals surface area contributed by atoms with Gasteiger partial charge in [-0.3, -0.25) is 9.59 Å². The SMILES string of the molecule is CCCCCCCCC/C=C\CCCCCCCCCC(=O)OCCCCCCCCCCCCCCCCCCCCCCCCCCCCC(=O)NC(CO)C(O)/C=C/CCCCCCCCC. The van der Waals surface area contributed by atoms with Crippen molar-refractivity contribution in [2.24, 2.45) is 0 Å². The molecule has 0 aliphatic rings. The highest BCUT2D eigenvalue weighted by molar-refractivity contribution is 5.76. The molecule has 0 spiro atoms. The van der Waals surface area contributed by atoms with Crippen LogP contribution in [-0.2, 0) is 14.3 Å². The largest absolute Gasteiger partial charge is 0.466 e. The van der Waals surface area contributed by atoms with Gasteiger partial charge in [0, 0.05) is 12.8 Å². The number of carbonyl (C=O) groups excluding carboxylic acids is 2. The number of hydrogen-bond donors (Lipinski definition) is 3. The number of rotatable bonds is 59. The Balaban J connectivity index is 3.32. The highest BCUT2D eigenvalue weighted by Crippen LogP contribution is 2.18. The van der Waals surface area contributed by atoms with Crippen LogP contribution in [0.15, 0.2) is 24.3 Å². The number of hydrogen-bond acceptors (Lipinski definition) is 5. The molecule has 0 radical (unpaired) electrons. The number of amides is 1. The van der Waals surface area contributed by atoms with Crippen molar-refractivity contribution < 1.29 is 24.5 Å². The van der Waals surface area contributed by atoms with Gasteiger partial charge in [-0.15, -0.1) is 0 Å². The Morgan fingerprint density at radius 2 is 0.671 bits per heavy atom. The Bertz CT molecular complexity index is 1090. The maximum absolute atomic E-state index is 12.4.